The summed E-state index contributed by atoms with van der Waals surface area (Å²) in [4.78, 5) is 38.7. The van der Waals surface area contributed by atoms with Gasteiger partial charge in [-0.1, -0.05) is 41.9 Å². The minimum atomic E-state index is -1.05. The van der Waals surface area contributed by atoms with Crippen LogP contribution in [-0.2, 0) is 16.1 Å². The van der Waals surface area contributed by atoms with Crippen molar-refractivity contribution in [1.29, 1.82) is 0 Å². The van der Waals surface area contributed by atoms with E-state index in [4.69, 9.17) is 16.3 Å². The molecule has 0 radical (unpaired) electrons. The van der Waals surface area contributed by atoms with Crippen LogP contribution in [0.1, 0.15) is 12.5 Å². The smallest absolute Gasteiger partial charge is 0.324 e. The van der Waals surface area contributed by atoms with Crippen molar-refractivity contribution in [3.05, 3.63) is 59.1 Å². The Labute approximate surface area is 167 Å². The van der Waals surface area contributed by atoms with Gasteiger partial charge in [-0.05, 0) is 30.7 Å². The number of para-hydroxylation sites is 2. The molecule has 1 saturated heterocycles. The molecule has 2 N–H and O–H groups in total. The summed E-state index contributed by atoms with van der Waals surface area (Å²) >= 11 is 6.13. The van der Waals surface area contributed by atoms with Crippen LogP contribution in [0.2, 0.25) is 5.02 Å². The molecule has 146 valence electrons. The average Bonchev–Trinajstić information content (AvgIpc) is 2.68. The molecule has 1 heterocycles. The third-order valence-corrected chi connectivity index (χ3v) is 4.68. The third-order valence-electron chi connectivity index (χ3n) is 4.31. The number of benzene rings is 2. The van der Waals surface area contributed by atoms with Crippen molar-refractivity contribution >= 4 is 35.1 Å². The number of hydrogen-bond donors (Lipinski definition) is 2. The Bertz CT molecular complexity index is 903. The van der Waals surface area contributed by atoms with Gasteiger partial charge < -0.3 is 15.4 Å². The van der Waals surface area contributed by atoms with Crippen molar-refractivity contribution in [2.45, 2.75) is 13.5 Å². The van der Waals surface area contributed by atoms with E-state index in [1.165, 1.54) is 0 Å². The Morgan fingerprint density at radius 2 is 1.93 bits per heavy atom. The number of anilines is 1. The van der Waals surface area contributed by atoms with Crippen LogP contribution in [0, 0.1) is 5.92 Å². The van der Waals surface area contributed by atoms with Gasteiger partial charge in [0.2, 0.25) is 11.8 Å². The average molecular weight is 402 g/mol. The SMILES string of the molecule is CCOc1ccccc1NC(=O)C1CNC(=O)N(Cc2ccccc2Cl)C1=O. The van der Waals surface area contributed by atoms with Gasteiger partial charge in [-0.25, -0.2) is 4.79 Å². The Hall–Kier alpha value is -3.06. The van der Waals surface area contributed by atoms with E-state index in [0.29, 0.717) is 28.6 Å². The van der Waals surface area contributed by atoms with E-state index >= 15 is 0 Å². The van der Waals surface area contributed by atoms with Crippen LogP contribution in [0.3, 0.4) is 0 Å². The summed E-state index contributed by atoms with van der Waals surface area (Å²) in [6, 6.07) is 13.3. The maximum Gasteiger partial charge on any atom is 0.324 e. The van der Waals surface area contributed by atoms with E-state index in [9.17, 15) is 14.4 Å². The van der Waals surface area contributed by atoms with Gasteiger partial charge in [-0.2, -0.15) is 0 Å². The van der Waals surface area contributed by atoms with Gasteiger partial charge in [0.25, 0.3) is 0 Å². The monoisotopic (exact) mass is 401 g/mol. The number of rotatable bonds is 6. The predicted molar refractivity (Wildman–Crippen MR) is 105 cm³/mol. The van der Waals surface area contributed by atoms with Crippen molar-refractivity contribution in [2.24, 2.45) is 5.92 Å². The van der Waals surface area contributed by atoms with Crippen molar-refractivity contribution in [1.82, 2.24) is 10.2 Å². The fourth-order valence-electron chi connectivity index (χ4n) is 2.88. The van der Waals surface area contributed by atoms with E-state index in [1.54, 1.807) is 48.5 Å². The lowest BCUT2D eigenvalue weighted by Gasteiger charge is -2.31. The first-order valence-corrected chi connectivity index (χ1v) is 9.24. The normalized spacial score (nSPS) is 16.5. The van der Waals surface area contributed by atoms with Gasteiger partial charge in [0.05, 0.1) is 18.8 Å². The fourth-order valence-corrected chi connectivity index (χ4v) is 3.08. The number of carbonyl (C=O) groups is 3. The summed E-state index contributed by atoms with van der Waals surface area (Å²) in [5.41, 5.74) is 1.09. The highest BCUT2D eigenvalue weighted by Crippen LogP contribution is 2.25. The highest BCUT2D eigenvalue weighted by molar-refractivity contribution is 6.31. The number of halogens is 1. The van der Waals surface area contributed by atoms with E-state index in [1.807, 2.05) is 6.92 Å². The maximum atomic E-state index is 12.8. The zero-order valence-electron chi connectivity index (χ0n) is 15.3. The zero-order chi connectivity index (χ0) is 20.1. The molecule has 3 rings (SSSR count). The number of nitrogens with one attached hydrogen (secondary N) is 2. The van der Waals surface area contributed by atoms with Crippen LogP contribution in [0.15, 0.2) is 48.5 Å². The molecule has 0 saturated carbocycles. The molecule has 0 aliphatic carbocycles. The molecular formula is C20H20ClN3O4. The number of ether oxygens (including phenoxy) is 1. The number of urea groups is 1. The standard InChI is InChI=1S/C20H20ClN3O4/c1-2-28-17-10-6-5-9-16(17)23-18(25)14-11-22-20(27)24(19(14)26)12-13-7-3-4-8-15(13)21/h3-10,14H,2,11-12H2,1H3,(H,22,27)(H,23,25). The molecule has 0 spiro atoms. The van der Waals surface area contributed by atoms with Gasteiger partial charge >= 0.3 is 6.03 Å². The van der Waals surface area contributed by atoms with Crippen molar-refractivity contribution in [3.8, 4) is 5.75 Å². The summed E-state index contributed by atoms with van der Waals surface area (Å²) in [6.45, 7) is 2.20. The molecular weight excluding hydrogens is 382 g/mol. The minimum Gasteiger partial charge on any atom is -0.492 e. The molecule has 1 aliphatic rings. The topological polar surface area (TPSA) is 87.7 Å². The largest absolute Gasteiger partial charge is 0.492 e. The Balaban J connectivity index is 1.75. The Morgan fingerprint density at radius 3 is 2.68 bits per heavy atom. The lowest BCUT2D eigenvalue weighted by atomic mass is 10.0. The highest BCUT2D eigenvalue weighted by Gasteiger charge is 2.39. The molecule has 8 heteroatoms. The molecule has 1 aliphatic heterocycles. The first-order chi connectivity index (χ1) is 13.5. The van der Waals surface area contributed by atoms with E-state index < -0.39 is 23.8 Å². The van der Waals surface area contributed by atoms with Gasteiger partial charge in [0.1, 0.15) is 11.7 Å². The number of hydrogen-bond acceptors (Lipinski definition) is 4. The molecule has 28 heavy (non-hydrogen) atoms. The minimum absolute atomic E-state index is 0.0103. The molecule has 2 aromatic carbocycles. The summed E-state index contributed by atoms with van der Waals surface area (Å²) in [7, 11) is 0. The summed E-state index contributed by atoms with van der Waals surface area (Å²) in [5, 5.41) is 5.75. The lowest BCUT2D eigenvalue weighted by molar-refractivity contribution is -0.139. The maximum absolute atomic E-state index is 12.8. The third kappa shape index (κ3) is 4.26. The first kappa shape index (κ1) is 19.7. The van der Waals surface area contributed by atoms with Crippen molar-refractivity contribution in [2.75, 3.05) is 18.5 Å². The van der Waals surface area contributed by atoms with Crippen LogP contribution in [0.4, 0.5) is 10.5 Å². The second-order valence-electron chi connectivity index (χ2n) is 6.17. The van der Waals surface area contributed by atoms with Crippen LogP contribution in [0.25, 0.3) is 0 Å². The molecule has 0 aromatic heterocycles. The highest BCUT2D eigenvalue weighted by atomic mass is 35.5. The molecule has 2 aromatic rings. The number of nitrogens with zero attached hydrogens (tertiary/aromatic N) is 1. The van der Waals surface area contributed by atoms with Crippen molar-refractivity contribution in [3.63, 3.8) is 0 Å². The Kier molecular flexibility index (Phi) is 6.16. The van der Waals surface area contributed by atoms with Gasteiger partial charge in [-0.15, -0.1) is 0 Å². The molecule has 4 amide bonds. The molecule has 7 nitrogen and oxygen atoms in total. The molecule has 1 fully saturated rings. The van der Waals surface area contributed by atoms with Crippen LogP contribution in [-0.4, -0.2) is 35.9 Å². The number of carbonyl (C=O) groups excluding carboxylic acids is 3. The summed E-state index contributed by atoms with van der Waals surface area (Å²) in [6.07, 6.45) is 0. The Morgan fingerprint density at radius 1 is 1.21 bits per heavy atom. The van der Waals surface area contributed by atoms with Crippen LogP contribution >= 0.6 is 11.6 Å². The van der Waals surface area contributed by atoms with Gasteiger partial charge in [0.15, 0.2) is 0 Å². The van der Waals surface area contributed by atoms with Crippen LogP contribution in [0.5, 0.6) is 5.75 Å². The quantitative estimate of drug-likeness (QED) is 0.728. The summed E-state index contributed by atoms with van der Waals surface area (Å²) < 4.78 is 5.49. The lowest BCUT2D eigenvalue weighted by Crippen LogP contribution is -2.57. The summed E-state index contributed by atoms with van der Waals surface area (Å²) in [5.74, 6) is -1.62. The second-order valence-corrected chi connectivity index (χ2v) is 6.58. The number of amides is 4. The first-order valence-electron chi connectivity index (χ1n) is 8.86. The fraction of sp³-hybridized carbons (Fsp3) is 0.250. The van der Waals surface area contributed by atoms with Gasteiger partial charge in [0, 0.05) is 11.6 Å². The number of imide groups is 1. The van der Waals surface area contributed by atoms with E-state index in [2.05, 4.69) is 10.6 Å². The molecule has 1 atom stereocenters. The van der Waals surface area contributed by atoms with Crippen molar-refractivity contribution < 1.29 is 19.1 Å². The van der Waals surface area contributed by atoms with Gasteiger partial charge in [-0.3, -0.25) is 14.5 Å². The molecule has 0 bridgehead atoms. The van der Waals surface area contributed by atoms with E-state index in [0.717, 1.165) is 4.90 Å². The zero-order valence-corrected chi connectivity index (χ0v) is 16.0. The predicted octanol–water partition coefficient (Wildman–Crippen LogP) is 3.05. The van der Waals surface area contributed by atoms with E-state index in [-0.39, 0.29) is 13.1 Å². The second kappa shape index (κ2) is 8.75. The van der Waals surface area contributed by atoms with Crippen LogP contribution < -0.4 is 15.4 Å². The molecule has 1 unspecified atom stereocenters.